The largest absolute Gasteiger partial charge is 0.337 e. The van der Waals surface area contributed by atoms with Gasteiger partial charge in [-0.3, -0.25) is 9.59 Å². The maximum absolute atomic E-state index is 13.2. The molecule has 0 radical (unpaired) electrons. The molecule has 1 aromatic carbocycles. The number of hydrogen-bond acceptors (Lipinski definition) is 3. The van der Waals surface area contributed by atoms with Gasteiger partial charge in [-0.15, -0.1) is 0 Å². The second kappa shape index (κ2) is 7.60. The number of benzene rings is 1. The smallest absolute Gasteiger partial charge is 0.274 e. The zero-order valence-corrected chi connectivity index (χ0v) is 16.2. The third-order valence-corrected chi connectivity index (χ3v) is 5.46. The monoisotopic (exact) mass is 355 g/mol. The van der Waals surface area contributed by atoms with Crippen LogP contribution in [0.3, 0.4) is 0 Å². The van der Waals surface area contributed by atoms with Gasteiger partial charge in [0.25, 0.3) is 11.5 Å². The van der Waals surface area contributed by atoms with Crippen LogP contribution in [0.1, 0.15) is 56.9 Å². The highest BCUT2D eigenvalue weighted by Gasteiger charge is 2.28. The summed E-state index contributed by atoms with van der Waals surface area (Å²) in [6.45, 7) is 6.86. The van der Waals surface area contributed by atoms with Crippen molar-refractivity contribution in [3.05, 3.63) is 40.3 Å². The molecule has 0 unspecified atom stereocenters. The molecule has 1 heterocycles. The summed E-state index contributed by atoms with van der Waals surface area (Å²) in [5.74, 6) is 0.932. The van der Waals surface area contributed by atoms with Crippen molar-refractivity contribution >= 4 is 16.7 Å². The van der Waals surface area contributed by atoms with Crippen LogP contribution in [0.15, 0.2) is 29.1 Å². The van der Waals surface area contributed by atoms with E-state index in [1.165, 1.54) is 4.68 Å². The Morgan fingerprint density at radius 1 is 1.19 bits per heavy atom. The van der Waals surface area contributed by atoms with Crippen molar-refractivity contribution in [1.29, 1.82) is 0 Å². The van der Waals surface area contributed by atoms with Gasteiger partial charge < -0.3 is 4.90 Å². The topological polar surface area (TPSA) is 55.2 Å². The lowest BCUT2D eigenvalue weighted by Crippen LogP contribution is -2.40. The lowest BCUT2D eigenvalue weighted by molar-refractivity contribution is 0.0673. The van der Waals surface area contributed by atoms with Crippen LogP contribution >= 0.6 is 0 Å². The molecule has 0 saturated heterocycles. The van der Waals surface area contributed by atoms with E-state index in [2.05, 4.69) is 12.0 Å². The molecular formula is C21H29N3O2. The highest BCUT2D eigenvalue weighted by molar-refractivity contribution is 6.04. The fourth-order valence-corrected chi connectivity index (χ4v) is 3.83. The fraction of sp³-hybridized carbons (Fsp3) is 0.571. The summed E-state index contributed by atoms with van der Waals surface area (Å²) in [4.78, 5) is 27.8. The van der Waals surface area contributed by atoms with Crippen LogP contribution in [0.2, 0.25) is 0 Å². The minimum absolute atomic E-state index is 0.0849. The molecule has 5 heteroatoms. The van der Waals surface area contributed by atoms with Crippen molar-refractivity contribution in [2.75, 3.05) is 7.05 Å². The first kappa shape index (κ1) is 18.6. The normalized spacial score (nSPS) is 20.5. The van der Waals surface area contributed by atoms with Crippen molar-refractivity contribution in [2.45, 2.75) is 59.0 Å². The minimum atomic E-state index is -0.125. The van der Waals surface area contributed by atoms with E-state index in [0.717, 1.165) is 31.6 Å². The number of fused-ring (bicyclic) bond motifs is 1. The molecule has 0 atom stereocenters. The Labute approximate surface area is 155 Å². The summed E-state index contributed by atoms with van der Waals surface area (Å²) in [6, 6.07) is 7.56. The van der Waals surface area contributed by atoms with Crippen molar-refractivity contribution in [3.8, 4) is 0 Å². The Kier molecular flexibility index (Phi) is 5.44. The first-order valence-corrected chi connectivity index (χ1v) is 9.65. The Balaban J connectivity index is 2.01. The molecule has 1 aromatic heterocycles. The van der Waals surface area contributed by atoms with E-state index >= 15 is 0 Å². The Hall–Kier alpha value is -2.17. The zero-order valence-electron chi connectivity index (χ0n) is 16.2. The summed E-state index contributed by atoms with van der Waals surface area (Å²) in [7, 11) is 1.87. The van der Waals surface area contributed by atoms with Crippen LogP contribution in [0.4, 0.5) is 0 Å². The van der Waals surface area contributed by atoms with Gasteiger partial charge in [-0.25, -0.2) is 4.68 Å². The number of hydrogen-bond donors (Lipinski definition) is 0. The van der Waals surface area contributed by atoms with Crippen molar-refractivity contribution in [3.63, 3.8) is 0 Å². The third-order valence-electron chi connectivity index (χ3n) is 5.46. The standard InChI is InChI=1S/C21H29N3O2/c1-14(2)13-24-20(25)18-8-6-5-7-17(18)19(22-24)21(26)23(4)16-11-9-15(3)10-12-16/h5-8,14-16H,9-13H2,1-4H3. The quantitative estimate of drug-likeness (QED) is 0.840. The van der Waals surface area contributed by atoms with Gasteiger partial charge in [0.15, 0.2) is 5.69 Å². The Morgan fingerprint density at radius 2 is 1.81 bits per heavy atom. The molecule has 0 spiro atoms. The first-order valence-electron chi connectivity index (χ1n) is 9.65. The molecule has 0 N–H and O–H groups in total. The van der Waals surface area contributed by atoms with E-state index in [0.29, 0.717) is 23.0 Å². The van der Waals surface area contributed by atoms with Crippen molar-refractivity contribution in [2.24, 2.45) is 11.8 Å². The van der Waals surface area contributed by atoms with Crippen LogP contribution in [0.5, 0.6) is 0 Å². The molecule has 2 aromatic rings. The van der Waals surface area contributed by atoms with Crippen LogP contribution < -0.4 is 5.56 Å². The van der Waals surface area contributed by atoms with Crippen LogP contribution in [0, 0.1) is 11.8 Å². The Bertz CT molecular complexity index is 848. The second-order valence-corrected chi connectivity index (χ2v) is 8.11. The average Bonchev–Trinajstić information content (AvgIpc) is 2.63. The molecule has 1 saturated carbocycles. The Morgan fingerprint density at radius 3 is 2.42 bits per heavy atom. The summed E-state index contributed by atoms with van der Waals surface area (Å²) in [5.41, 5.74) is 0.266. The van der Waals surface area contributed by atoms with E-state index in [-0.39, 0.29) is 23.4 Å². The predicted octanol–water partition coefficient (Wildman–Crippen LogP) is 3.70. The third kappa shape index (κ3) is 3.67. The van der Waals surface area contributed by atoms with Crippen LogP contribution in [0.25, 0.3) is 10.8 Å². The number of rotatable bonds is 4. The summed E-state index contributed by atoms with van der Waals surface area (Å²) in [5, 5.41) is 5.70. The molecule has 140 valence electrons. The maximum Gasteiger partial charge on any atom is 0.274 e. The van der Waals surface area contributed by atoms with Gasteiger partial charge in [-0.05, 0) is 43.6 Å². The van der Waals surface area contributed by atoms with Gasteiger partial charge in [0.1, 0.15) is 0 Å². The summed E-state index contributed by atoms with van der Waals surface area (Å²) >= 11 is 0. The molecule has 5 nitrogen and oxygen atoms in total. The zero-order chi connectivity index (χ0) is 18.8. The molecule has 0 bridgehead atoms. The summed E-state index contributed by atoms with van der Waals surface area (Å²) < 4.78 is 1.46. The van der Waals surface area contributed by atoms with Crippen LogP contribution in [-0.4, -0.2) is 33.7 Å². The SMILES string of the molecule is CC(C)Cn1nc(C(=O)N(C)C2CCC(C)CC2)c2ccccc2c1=O. The number of nitrogens with zero attached hydrogens (tertiary/aromatic N) is 3. The molecule has 1 aliphatic carbocycles. The number of aromatic nitrogens is 2. The van der Waals surface area contributed by atoms with Gasteiger partial charge in [-0.2, -0.15) is 5.10 Å². The van der Waals surface area contributed by atoms with Crippen molar-refractivity contribution in [1.82, 2.24) is 14.7 Å². The van der Waals surface area contributed by atoms with Gasteiger partial charge in [0.05, 0.1) is 5.39 Å². The lowest BCUT2D eigenvalue weighted by atomic mass is 9.86. The van der Waals surface area contributed by atoms with E-state index in [1.807, 2.05) is 44.0 Å². The molecule has 1 fully saturated rings. The number of carbonyl (C=O) groups excluding carboxylic acids is 1. The lowest BCUT2D eigenvalue weighted by Gasteiger charge is -2.33. The first-order chi connectivity index (χ1) is 12.4. The predicted molar refractivity (Wildman–Crippen MR) is 104 cm³/mol. The van der Waals surface area contributed by atoms with E-state index in [9.17, 15) is 9.59 Å². The molecule has 26 heavy (non-hydrogen) atoms. The fourth-order valence-electron chi connectivity index (χ4n) is 3.83. The molecule has 1 aliphatic rings. The van der Waals surface area contributed by atoms with E-state index in [1.54, 1.807) is 6.07 Å². The van der Waals surface area contributed by atoms with E-state index < -0.39 is 0 Å². The number of carbonyl (C=O) groups is 1. The highest BCUT2D eigenvalue weighted by Crippen LogP contribution is 2.27. The van der Waals surface area contributed by atoms with Gasteiger partial charge in [0.2, 0.25) is 0 Å². The van der Waals surface area contributed by atoms with Gasteiger partial charge >= 0.3 is 0 Å². The van der Waals surface area contributed by atoms with Crippen molar-refractivity contribution < 1.29 is 4.79 Å². The second-order valence-electron chi connectivity index (χ2n) is 8.11. The van der Waals surface area contributed by atoms with Crippen LogP contribution in [-0.2, 0) is 6.54 Å². The number of amides is 1. The van der Waals surface area contributed by atoms with E-state index in [4.69, 9.17) is 0 Å². The molecule has 3 rings (SSSR count). The van der Waals surface area contributed by atoms with Gasteiger partial charge in [0, 0.05) is 25.0 Å². The molecule has 0 aliphatic heterocycles. The highest BCUT2D eigenvalue weighted by atomic mass is 16.2. The maximum atomic E-state index is 13.2. The summed E-state index contributed by atoms with van der Waals surface area (Å²) in [6.07, 6.45) is 4.38. The molecular weight excluding hydrogens is 326 g/mol. The molecule has 1 amide bonds. The van der Waals surface area contributed by atoms with Gasteiger partial charge in [-0.1, -0.05) is 39.0 Å². The minimum Gasteiger partial charge on any atom is -0.337 e. The average molecular weight is 355 g/mol.